The Kier molecular flexibility index (Phi) is 7.57. The number of amides is 3. The summed E-state index contributed by atoms with van der Waals surface area (Å²) in [5.74, 6) is 0.00788. The van der Waals surface area contributed by atoms with E-state index in [1.54, 1.807) is 53.3 Å². The van der Waals surface area contributed by atoms with Crippen LogP contribution in [0.1, 0.15) is 15.9 Å². The highest BCUT2D eigenvalue weighted by atomic mass is 35.5. The number of hydrogen-bond donors (Lipinski definition) is 3. The van der Waals surface area contributed by atoms with Gasteiger partial charge in [0.05, 0.1) is 17.6 Å². The van der Waals surface area contributed by atoms with Gasteiger partial charge < -0.3 is 15.8 Å². The number of halogens is 1. The number of nitrogens with two attached hydrogens (primary N) is 1. The highest BCUT2D eigenvalue weighted by molar-refractivity contribution is 7.90. The van der Waals surface area contributed by atoms with E-state index >= 15 is 0 Å². The van der Waals surface area contributed by atoms with E-state index in [-0.39, 0.29) is 17.3 Å². The predicted molar refractivity (Wildman–Crippen MR) is 126 cm³/mol. The Morgan fingerprint density at radius 1 is 1.03 bits per heavy atom. The lowest BCUT2D eigenvalue weighted by Crippen LogP contribution is -2.35. The predicted octanol–water partition coefficient (Wildman–Crippen LogP) is 3.35. The number of nitrogens with one attached hydrogen (secondary N) is 2. The molecule has 3 aromatic carbocycles. The SMILES string of the molecule is COc1ccc(Cl)cc1C(=O)NCCc1ccc(-c2ccccc2)c(S(=O)(=O)NC(N)=O)c1. The zero-order valence-corrected chi connectivity index (χ0v) is 19.2. The minimum Gasteiger partial charge on any atom is -0.496 e. The number of carbonyl (C=O) groups excluding carboxylic acids is 2. The first kappa shape index (κ1) is 24.1. The Hall–Kier alpha value is -3.56. The molecule has 0 bridgehead atoms. The number of sulfonamides is 1. The maximum Gasteiger partial charge on any atom is 0.326 e. The second-order valence-corrected chi connectivity index (χ2v) is 9.10. The van der Waals surface area contributed by atoms with E-state index in [4.69, 9.17) is 22.1 Å². The molecule has 0 aliphatic rings. The van der Waals surface area contributed by atoms with E-state index in [9.17, 15) is 18.0 Å². The van der Waals surface area contributed by atoms with Gasteiger partial charge in [0.25, 0.3) is 15.9 Å². The smallest absolute Gasteiger partial charge is 0.326 e. The zero-order valence-electron chi connectivity index (χ0n) is 17.7. The molecule has 8 nitrogen and oxygen atoms in total. The molecule has 0 aliphatic heterocycles. The summed E-state index contributed by atoms with van der Waals surface area (Å²) >= 11 is 5.98. The van der Waals surface area contributed by atoms with Crippen LogP contribution >= 0.6 is 11.6 Å². The van der Waals surface area contributed by atoms with Gasteiger partial charge in [-0.25, -0.2) is 17.9 Å². The van der Waals surface area contributed by atoms with Gasteiger partial charge in [-0.1, -0.05) is 54.1 Å². The molecule has 0 saturated carbocycles. The van der Waals surface area contributed by atoms with Crippen LogP contribution in [-0.4, -0.2) is 34.0 Å². The first-order valence-electron chi connectivity index (χ1n) is 9.83. The van der Waals surface area contributed by atoms with E-state index in [2.05, 4.69) is 5.32 Å². The van der Waals surface area contributed by atoms with Gasteiger partial charge in [0.1, 0.15) is 5.75 Å². The van der Waals surface area contributed by atoms with Crippen LogP contribution in [0.5, 0.6) is 5.75 Å². The average molecular weight is 488 g/mol. The van der Waals surface area contributed by atoms with Crippen LogP contribution in [0, 0.1) is 0 Å². The Labute approximate surface area is 196 Å². The quantitative estimate of drug-likeness (QED) is 0.449. The molecule has 0 radical (unpaired) electrons. The molecule has 0 spiro atoms. The van der Waals surface area contributed by atoms with Gasteiger partial charge in [-0.05, 0) is 41.8 Å². The zero-order chi connectivity index (χ0) is 24.0. The van der Waals surface area contributed by atoms with Crippen molar-refractivity contribution >= 4 is 33.6 Å². The van der Waals surface area contributed by atoms with Crippen molar-refractivity contribution in [2.75, 3.05) is 13.7 Å². The molecule has 0 saturated heterocycles. The second-order valence-electron chi connectivity index (χ2n) is 7.02. The van der Waals surface area contributed by atoms with Crippen molar-refractivity contribution in [1.82, 2.24) is 10.0 Å². The Balaban J connectivity index is 1.83. The third-order valence-electron chi connectivity index (χ3n) is 4.76. The van der Waals surface area contributed by atoms with Crippen LogP contribution in [0.4, 0.5) is 4.79 Å². The second kappa shape index (κ2) is 10.4. The number of ether oxygens (including phenoxy) is 1. The van der Waals surface area contributed by atoms with Gasteiger partial charge in [0.15, 0.2) is 0 Å². The summed E-state index contributed by atoms with van der Waals surface area (Å²) in [5, 5.41) is 3.17. The molecule has 33 heavy (non-hydrogen) atoms. The highest BCUT2D eigenvalue weighted by Gasteiger charge is 2.22. The standard InChI is InChI=1S/C23H22ClN3O5S/c1-32-20-10-8-17(24)14-19(20)22(28)26-12-11-15-7-9-18(16-5-3-2-4-6-16)21(13-15)33(30,31)27-23(25)29/h2-10,13-14H,11-12H2,1H3,(H,26,28)(H3,25,27,29). The molecule has 10 heteroatoms. The van der Waals surface area contributed by atoms with Gasteiger partial charge in [-0.3, -0.25) is 4.79 Å². The number of hydrogen-bond acceptors (Lipinski definition) is 5. The molecule has 3 rings (SSSR count). The molecular formula is C23H22ClN3O5S. The topological polar surface area (TPSA) is 128 Å². The van der Waals surface area contributed by atoms with Crippen molar-refractivity contribution in [3.63, 3.8) is 0 Å². The average Bonchev–Trinajstić information content (AvgIpc) is 2.78. The van der Waals surface area contributed by atoms with Crippen molar-refractivity contribution in [3.8, 4) is 16.9 Å². The van der Waals surface area contributed by atoms with Crippen LogP contribution in [0.3, 0.4) is 0 Å². The summed E-state index contributed by atoms with van der Waals surface area (Å²) in [6.07, 6.45) is 0.336. The molecule has 0 heterocycles. The van der Waals surface area contributed by atoms with Crippen LogP contribution in [0.2, 0.25) is 5.02 Å². The monoisotopic (exact) mass is 487 g/mol. The number of benzene rings is 3. The minimum absolute atomic E-state index is 0.0900. The summed E-state index contributed by atoms with van der Waals surface area (Å²) in [6.45, 7) is 0.224. The molecule has 0 fully saturated rings. The van der Waals surface area contributed by atoms with Gasteiger partial charge in [0, 0.05) is 17.1 Å². The van der Waals surface area contributed by atoms with Crippen molar-refractivity contribution in [2.45, 2.75) is 11.3 Å². The molecule has 172 valence electrons. The van der Waals surface area contributed by atoms with Crippen molar-refractivity contribution in [2.24, 2.45) is 5.73 Å². The molecule has 0 aliphatic carbocycles. The molecule has 3 aromatic rings. The summed E-state index contributed by atoms with van der Waals surface area (Å²) in [5.41, 5.74) is 7.06. The lowest BCUT2D eigenvalue weighted by atomic mass is 10.0. The Bertz CT molecular complexity index is 1280. The van der Waals surface area contributed by atoms with Gasteiger partial charge in [0.2, 0.25) is 0 Å². The summed E-state index contributed by atoms with van der Waals surface area (Å²) < 4.78 is 32.5. The molecule has 0 unspecified atom stereocenters. The molecule has 0 aromatic heterocycles. The summed E-state index contributed by atoms with van der Waals surface area (Å²) in [4.78, 5) is 23.7. The molecule has 3 amide bonds. The maximum atomic E-state index is 12.8. The van der Waals surface area contributed by atoms with Crippen LogP contribution in [0.25, 0.3) is 11.1 Å². The van der Waals surface area contributed by atoms with E-state index in [1.807, 2.05) is 6.07 Å². The first-order chi connectivity index (χ1) is 15.7. The lowest BCUT2D eigenvalue weighted by molar-refractivity contribution is 0.0951. The van der Waals surface area contributed by atoms with Gasteiger partial charge in [-0.2, -0.15) is 0 Å². The third kappa shape index (κ3) is 6.03. The largest absolute Gasteiger partial charge is 0.496 e. The fourth-order valence-electron chi connectivity index (χ4n) is 3.26. The van der Waals surface area contributed by atoms with Crippen LogP contribution < -0.4 is 20.5 Å². The Morgan fingerprint density at radius 2 is 1.76 bits per heavy atom. The number of rotatable bonds is 8. The molecular weight excluding hydrogens is 466 g/mol. The fourth-order valence-corrected chi connectivity index (χ4v) is 4.59. The van der Waals surface area contributed by atoms with E-state index < -0.39 is 16.1 Å². The highest BCUT2D eigenvalue weighted by Crippen LogP contribution is 2.28. The van der Waals surface area contributed by atoms with Crippen LogP contribution in [0.15, 0.2) is 71.6 Å². The van der Waals surface area contributed by atoms with Crippen molar-refractivity contribution in [1.29, 1.82) is 0 Å². The van der Waals surface area contributed by atoms with Crippen LogP contribution in [-0.2, 0) is 16.4 Å². The van der Waals surface area contributed by atoms with E-state index in [1.165, 1.54) is 19.2 Å². The van der Waals surface area contributed by atoms with Gasteiger partial charge in [-0.15, -0.1) is 0 Å². The number of methoxy groups -OCH3 is 1. The molecule has 4 N–H and O–H groups in total. The first-order valence-corrected chi connectivity index (χ1v) is 11.7. The summed E-state index contributed by atoms with van der Waals surface area (Å²) in [7, 11) is -2.75. The third-order valence-corrected chi connectivity index (χ3v) is 6.38. The number of urea groups is 1. The van der Waals surface area contributed by atoms with Crippen molar-refractivity contribution < 1.29 is 22.7 Å². The molecule has 0 atom stereocenters. The van der Waals surface area contributed by atoms with Gasteiger partial charge >= 0.3 is 6.03 Å². The fraction of sp³-hybridized carbons (Fsp3) is 0.130. The maximum absolute atomic E-state index is 12.8. The normalized spacial score (nSPS) is 11.0. The van der Waals surface area contributed by atoms with E-state index in [0.717, 1.165) is 0 Å². The summed E-state index contributed by atoms with van der Waals surface area (Å²) in [6, 6.07) is 17.3. The van der Waals surface area contributed by atoms with E-state index in [0.29, 0.717) is 39.4 Å². The minimum atomic E-state index is -4.20. The number of primary amides is 1. The Morgan fingerprint density at radius 3 is 2.42 bits per heavy atom. The van der Waals surface area contributed by atoms with Crippen molar-refractivity contribution in [3.05, 3.63) is 82.9 Å². The number of carbonyl (C=O) groups is 2. The lowest BCUT2D eigenvalue weighted by Gasteiger charge is -2.14.